The van der Waals surface area contributed by atoms with Crippen molar-refractivity contribution in [3.63, 3.8) is 0 Å². The minimum Gasteiger partial charge on any atom is -0.484 e. The molecule has 0 aliphatic carbocycles. The number of rotatable bonds is 7. The number of carbonyl (C=O) groups is 1. The first-order chi connectivity index (χ1) is 13.8. The van der Waals surface area contributed by atoms with Crippen LogP contribution in [0.25, 0.3) is 0 Å². The Bertz CT molecular complexity index is 791. The molecule has 0 radical (unpaired) electrons. The van der Waals surface area contributed by atoms with Gasteiger partial charge in [-0.2, -0.15) is 0 Å². The van der Waals surface area contributed by atoms with Crippen molar-refractivity contribution < 1.29 is 13.9 Å². The molecule has 5 heteroatoms. The van der Waals surface area contributed by atoms with Gasteiger partial charge in [-0.05, 0) is 66.7 Å². The van der Waals surface area contributed by atoms with Crippen LogP contribution in [-0.4, -0.2) is 37.0 Å². The summed E-state index contributed by atoms with van der Waals surface area (Å²) in [5.41, 5.74) is 2.64. The van der Waals surface area contributed by atoms with E-state index in [4.69, 9.17) is 4.74 Å². The van der Waals surface area contributed by atoms with E-state index in [1.165, 1.54) is 48.2 Å². The Labute approximate surface area is 173 Å². The third kappa shape index (κ3) is 6.04. The Morgan fingerprint density at radius 2 is 1.69 bits per heavy atom. The van der Waals surface area contributed by atoms with E-state index < -0.39 is 0 Å². The highest BCUT2D eigenvalue weighted by Gasteiger charge is 2.24. The zero-order valence-corrected chi connectivity index (χ0v) is 17.6. The molecule has 2 aromatic rings. The molecule has 0 unspecified atom stereocenters. The highest BCUT2D eigenvalue weighted by molar-refractivity contribution is 5.77. The smallest absolute Gasteiger partial charge is 0.258 e. The maximum Gasteiger partial charge on any atom is 0.258 e. The number of hydrogen-bond acceptors (Lipinski definition) is 3. The number of benzene rings is 2. The molecule has 0 aromatic heterocycles. The van der Waals surface area contributed by atoms with Gasteiger partial charge in [0, 0.05) is 6.54 Å². The molecule has 1 heterocycles. The molecule has 0 saturated carbocycles. The van der Waals surface area contributed by atoms with Crippen LogP contribution in [0.4, 0.5) is 4.39 Å². The molecule has 4 nitrogen and oxygen atoms in total. The number of nitrogens with one attached hydrogen (secondary N) is 1. The average molecular weight is 399 g/mol. The van der Waals surface area contributed by atoms with Crippen LogP contribution in [0.2, 0.25) is 0 Å². The average Bonchev–Trinajstić information content (AvgIpc) is 3.22. The summed E-state index contributed by atoms with van der Waals surface area (Å²) in [5.74, 6) is -0.0204. The van der Waals surface area contributed by atoms with Gasteiger partial charge in [-0.3, -0.25) is 9.69 Å². The molecule has 1 fully saturated rings. The van der Waals surface area contributed by atoms with Crippen LogP contribution >= 0.6 is 0 Å². The van der Waals surface area contributed by atoms with Gasteiger partial charge >= 0.3 is 0 Å². The molecule has 3 rings (SSSR count). The first-order valence-corrected chi connectivity index (χ1v) is 10.3. The standard InChI is InChI=1S/C24H31FN2O2/c1-24(2,3)19-8-6-18(7-9-19)22(27-14-4-5-15-27)16-26-23(28)17-29-21-12-10-20(25)11-13-21/h6-13,22H,4-5,14-17H2,1-3H3,(H,26,28)/t22-/m1/s1. The van der Waals surface area contributed by atoms with Crippen LogP contribution in [0.1, 0.15) is 50.8 Å². The van der Waals surface area contributed by atoms with Gasteiger partial charge < -0.3 is 10.1 Å². The topological polar surface area (TPSA) is 41.6 Å². The third-order valence-corrected chi connectivity index (χ3v) is 5.42. The van der Waals surface area contributed by atoms with Gasteiger partial charge in [-0.15, -0.1) is 0 Å². The number of halogens is 1. The Morgan fingerprint density at radius 1 is 1.07 bits per heavy atom. The Balaban J connectivity index is 1.60. The minimum absolute atomic E-state index is 0.0820. The quantitative estimate of drug-likeness (QED) is 0.749. The summed E-state index contributed by atoms with van der Waals surface area (Å²) < 4.78 is 18.4. The van der Waals surface area contributed by atoms with E-state index in [0.29, 0.717) is 12.3 Å². The van der Waals surface area contributed by atoms with Gasteiger partial charge in [0.1, 0.15) is 11.6 Å². The van der Waals surface area contributed by atoms with E-state index in [1.807, 2.05) is 0 Å². The SMILES string of the molecule is CC(C)(C)c1ccc([C@@H](CNC(=O)COc2ccc(F)cc2)N2CCCC2)cc1. The Morgan fingerprint density at radius 3 is 2.28 bits per heavy atom. The lowest BCUT2D eigenvalue weighted by molar-refractivity contribution is -0.123. The van der Waals surface area contributed by atoms with Gasteiger partial charge in [0.05, 0.1) is 6.04 Å². The van der Waals surface area contributed by atoms with E-state index in [9.17, 15) is 9.18 Å². The monoisotopic (exact) mass is 398 g/mol. The van der Waals surface area contributed by atoms with Crippen molar-refractivity contribution >= 4 is 5.91 Å². The van der Waals surface area contributed by atoms with Crippen LogP contribution in [0.15, 0.2) is 48.5 Å². The van der Waals surface area contributed by atoms with E-state index in [-0.39, 0.29) is 29.8 Å². The lowest BCUT2D eigenvalue weighted by Gasteiger charge is -2.29. The number of carbonyl (C=O) groups excluding carboxylic acids is 1. The maximum absolute atomic E-state index is 13.0. The molecule has 156 valence electrons. The second-order valence-electron chi connectivity index (χ2n) is 8.68. The lowest BCUT2D eigenvalue weighted by atomic mass is 9.86. The van der Waals surface area contributed by atoms with Gasteiger partial charge in [-0.25, -0.2) is 4.39 Å². The predicted molar refractivity (Wildman–Crippen MR) is 114 cm³/mol. The largest absolute Gasteiger partial charge is 0.484 e. The number of ether oxygens (including phenoxy) is 1. The van der Waals surface area contributed by atoms with E-state index in [1.54, 1.807) is 0 Å². The first-order valence-electron chi connectivity index (χ1n) is 10.3. The fraction of sp³-hybridized carbons (Fsp3) is 0.458. The van der Waals surface area contributed by atoms with Crippen LogP contribution in [0.3, 0.4) is 0 Å². The summed E-state index contributed by atoms with van der Waals surface area (Å²) in [6.45, 7) is 9.19. The minimum atomic E-state index is -0.326. The van der Waals surface area contributed by atoms with Crippen LogP contribution in [0, 0.1) is 5.82 Å². The fourth-order valence-corrected chi connectivity index (χ4v) is 3.66. The summed E-state index contributed by atoms with van der Waals surface area (Å²) in [6.07, 6.45) is 2.39. The predicted octanol–water partition coefficient (Wildman–Crippen LogP) is 4.46. The van der Waals surface area contributed by atoms with Crippen molar-refractivity contribution in [2.75, 3.05) is 26.2 Å². The summed E-state index contributed by atoms with van der Waals surface area (Å²) in [4.78, 5) is 14.7. The molecular weight excluding hydrogens is 367 g/mol. The molecule has 1 N–H and O–H groups in total. The van der Waals surface area contributed by atoms with E-state index >= 15 is 0 Å². The van der Waals surface area contributed by atoms with Crippen molar-refractivity contribution in [1.29, 1.82) is 0 Å². The van der Waals surface area contributed by atoms with Crippen LogP contribution in [-0.2, 0) is 10.2 Å². The van der Waals surface area contributed by atoms with Crippen LogP contribution < -0.4 is 10.1 Å². The Hall–Kier alpha value is -2.40. The van der Waals surface area contributed by atoms with E-state index in [0.717, 1.165) is 13.1 Å². The van der Waals surface area contributed by atoms with Gasteiger partial charge in [0.25, 0.3) is 5.91 Å². The molecule has 2 aromatic carbocycles. The number of likely N-dealkylation sites (tertiary alicyclic amines) is 1. The summed E-state index contributed by atoms with van der Waals surface area (Å²) in [7, 11) is 0. The Kier molecular flexibility index (Phi) is 6.91. The van der Waals surface area contributed by atoms with Gasteiger partial charge in [0.15, 0.2) is 6.61 Å². The molecule has 0 bridgehead atoms. The van der Waals surface area contributed by atoms with Crippen molar-refractivity contribution in [2.24, 2.45) is 0 Å². The molecule has 1 amide bonds. The van der Waals surface area contributed by atoms with Crippen molar-refractivity contribution in [3.05, 3.63) is 65.5 Å². The molecule has 1 aliphatic rings. The summed E-state index contributed by atoms with van der Waals surface area (Å²) in [5, 5.41) is 3.00. The second kappa shape index (κ2) is 9.40. The number of nitrogens with zero attached hydrogens (tertiary/aromatic N) is 1. The molecule has 1 saturated heterocycles. The zero-order valence-electron chi connectivity index (χ0n) is 17.6. The van der Waals surface area contributed by atoms with Gasteiger partial charge in [0.2, 0.25) is 0 Å². The molecule has 0 spiro atoms. The number of hydrogen-bond donors (Lipinski definition) is 1. The molecule has 1 atom stereocenters. The normalized spacial score (nSPS) is 15.9. The first kappa shape index (κ1) is 21.3. The zero-order chi connectivity index (χ0) is 20.9. The van der Waals surface area contributed by atoms with Crippen molar-refractivity contribution in [1.82, 2.24) is 10.2 Å². The lowest BCUT2D eigenvalue weighted by Crippen LogP contribution is -2.38. The van der Waals surface area contributed by atoms with E-state index in [2.05, 4.69) is 55.3 Å². The van der Waals surface area contributed by atoms with Gasteiger partial charge in [-0.1, -0.05) is 45.0 Å². The molecule has 1 aliphatic heterocycles. The number of amides is 1. The van der Waals surface area contributed by atoms with Crippen LogP contribution in [0.5, 0.6) is 5.75 Å². The molecule has 29 heavy (non-hydrogen) atoms. The summed E-state index contributed by atoms with van der Waals surface area (Å²) >= 11 is 0. The third-order valence-electron chi connectivity index (χ3n) is 5.42. The highest BCUT2D eigenvalue weighted by atomic mass is 19.1. The maximum atomic E-state index is 13.0. The molecular formula is C24H31FN2O2. The van der Waals surface area contributed by atoms with Crippen molar-refractivity contribution in [2.45, 2.75) is 45.1 Å². The fourth-order valence-electron chi connectivity index (χ4n) is 3.66. The summed E-state index contributed by atoms with van der Waals surface area (Å²) in [6, 6.07) is 14.6. The second-order valence-corrected chi connectivity index (χ2v) is 8.68. The highest BCUT2D eigenvalue weighted by Crippen LogP contribution is 2.28. The van der Waals surface area contributed by atoms with Crippen molar-refractivity contribution in [3.8, 4) is 5.75 Å².